The lowest BCUT2D eigenvalue weighted by Gasteiger charge is -2.16. The number of hydrogen-bond acceptors (Lipinski definition) is 2. The third-order valence-corrected chi connectivity index (χ3v) is 3.58. The van der Waals surface area contributed by atoms with Crippen LogP contribution in [0.25, 0.3) is 5.69 Å². The second-order valence-electron chi connectivity index (χ2n) is 5.13. The summed E-state index contributed by atoms with van der Waals surface area (Å²) in [6, 6.07) is 10.7. The fourth-order valence-corrected chi connectivity index (χ4v) is 2.11. The van der Waals surface area contributed by atoms with Crippen molar-refractivity contribution >= 4 is 5.96 Å². The predicted molar refractivity (Wildman–Crippen MR) is 79.7 cm³/mol. The first-order valence-electron chi connectivity index (χ1n) is 6.86. The summed E-state index contributed by atoms with van der Waals surface area (Å²) in [5.41, 5.74) is 8.17. The summed E-state index contributed by atoms with van der Waals surface area (Å²) in [6.45, 7) is 0.613. The van der Waals surface area contributed by atoms with Gasteiger partial charge >= 0.3 is 0 Å². The van der Waals surface area contributed by atoms with Gasteiger partial charge in [-0.25, -0.2) is 9.67 Å². The Kier molecular flexibility index (Phi) is 3.41. The highest BCUT2D eigenvalue weighted by molar-refractivity contribution is 5.78. The van der Waals surface area contributed by atoms with Gasteiger partial charge in [-0.2, -0.15) is 5.10 Å². The molecule has 1 fully saturated rings. The van der Waals surface area contributed by atoms with Crippen LogP contribution in [0.4, 0.5) is 0 Å². The number of rotatable bonds is 4. The number of aliphatic imine (C=N–C) groups is 1. The summed E-state index contributed by atoms with van der Waals surface area (Å²) in [5.74, 6) is 0.628. The van der Waals surface area contributed by atoms with Crippen LogP contribution in [0.3, 0.4) is 0 Å². The minimum atomic E-state index is 0.598. The zero-order chi connectivity index (χ0) is 13.9. The predicted octanol–water partition coefficient (Wildman–Crippen LogP) is 1.78. The molecule has 1 saturated carbocycles. The minimum absolute atomic E-state index is 0.598. The van der Waals surface area contributed by atoms with Gasteiger partial charge < -0.3 is 10.6 Å². The van der Waals surface area contributed by atoms with E-state index < -0.39 is 0 Å². The van der Waals surface area contributed by atoms with Crippen molar-refractivity contribution in [1.82, 2.24) is 14.7 Å². The normalized spacial score (nSPS) is 15.3. The fraction of sp³-hybridized carbons (Fsp3) is 0.333. The zero-order valence-electron chi connectivity index (χ0n) is 11.6. The highest BCUT2D eigenvalue weighted by Crippen LogP contribution is 2.24. The van der Waals surface area contributed by atoms with Gasteiger partial charge in [0.25, 0.3) is 0 Å². The van der Waals surface area contributed by atoms with E-state index in [1.165, 1.54) is 12.8 Å². The molecule has 3 rings (SSSR count). The first-order valence-corrected chi connectivity index (χ1v) is 6.86. The average Bonchev–Trinajstić information content (AvgIpc) is 3.19. The van der Waals surface area contributed by atoms with Crippen molar-refractivity contribution in [3.8, 4) is 5.69 Å². The Balaban J connectivity index is 1.64. The number of nitrogens with two attached hydrogens (primary N) is 1. The summed E-state index contributed by atoms with van der Waals surface area (Å²) in [6.07, 6.45) is 6.15. The van der Waals surface area contributed by atoms with Crippen LogP contribution in [-0.2, 0) is 6.54 Å². The molecule has 5 nitrogen and oxygen atoms in total. The Morgan fingerprint density at radius 1 is 1.40 bits per heavy atom. The monoisotopic (exact) mass is 269 g/mol. The smallest absolute Gasteiger partial charge is 0.191 e. The SMILES string of the molecule is CN(C(N)=NCc1ccc(-n2cccn2)cc1)C1CC1. The Morgan fingerprint density at radius 2 is 2.15 bits per heavy atom. The van der Waals surface area contributed by atoms with Crippen molar-refractivity contribution in [2.75, 3.05) is 7.05 Å². The maximum atomic E-state index is 5.97. The molecule has 1 aliphatic rings. The zero-order valence-corrected chi connectivity index (χ0v) is 11.6. The molecule has 0 spiro atoms. The van der Waals surface area contributed by atoms with E-state index in [-0.39, 0.29) is 0 Å². The van der Waals surface area contributed by atoms with E-state index in [9.17, 15) is 0 Å². The van der Waals surface area contributed by atoms with Crippen molar-refractivity contribution in [3.05, 3.63) is 48.3 Å². The molecule has 0 amide bonds. The van der Waals surface area contributed by atoms with Crippen molar-refractivity contribution in [1.29, 1.82) is 0 Å². The highest BCUT2D eigenvalue weighted by Gasteiger charge is 2.27. The third-order valence-electron chi connectivity index (χ3n) is 3.58. The molecule has 2 N–H and O–H groups in total. The van der Waals surface area contributed by atoms with E-state index in [0.717, 1.165) is 11.3 Å². The van der Waals surface area contributed by atoms with Crippen LogP contribution in [0.1, 0.15) is 18.4 Å². The molecule has 1 aromatic heterocycles. The molecular weight excluding hydrogens is 250 g/mol. The molecule has 0 aliphatic heterocycles. The van der Waals surface area contributed by atoms with Gasteiger partial charge in [-0.3, -0.25) is 0 Å². The Hall–Kier alpha value is -2.30. The van der Waals surface area contributed by atoms with Crippen LogP contribution in [0.5, 0.6) is 0 Å². The fourth-order valence-electron chi connectivity index (χ4n) is 2.11. The van der Waals surface area contributed by atoms with E-state index in [1.807, 2.05) is 36.1 Å². The van der Waals surface area contributed by atoms with Crippen molar-refractivity contribution in [3.63, 3.8) is 0 Å². The molecule has 5 heteroatoms. The molecule has 0 saturated heterocycles. The Morgan fingerprint density at radius 3 is 2.75 bits per heavy atom. The minimum Gasteiger partial charge on any atom is -0.370 e. The molecule has 0 unspecified atom stereocenters. The molecule has 1 aliphatic carbocycles. The van der Waals surface area contributed by atoms with Crippen LogP contribution in [0, 0.1) is 0 Å². The third kappa shape index (κ3) is 2.82. The van der Waals surface area contributed by atoms with E-state index in [2.05, 4.69) is 27.1 Å². The van der Waals surface area contributed by atoms with E-state index >= 15 is 0 Å². The van der Waals surface area contributed by atoms with Gasteiger partial charge in [0.15, 0.2) is 5.96 Å². The van der Waals surface area contributed by atoms with Crippen molar-refractivity contribution in [2.45, 2.75) is 25.4 Å². The lowest BCUT2D eigenvalue weighted by Crippen LogP contribution is -2.35. The van der Waals surface area contributed by atoms with E-state index in [0.29, 0.717) is 18.5 Å². The highest BCUT2D eigenvalue weighted by atomic mass is 15.3. The quantitative estimate of drug-likeness (QED) is 0.680. The summed E-state index contributed by atoms with van der Waals surface area (Å²) in [5, 5.41) is 4.20. The summed E-state index contributed by atoms with van der Waals surface area (Å²) < 4.78 is 1.84. The Labute approximate surface area is 118 Å². The van der Waals surface area contributed by atoms with Crippen molar-refractivity contribution in [2.24, 2.45) is 10.7 Å². The average molecular weight is 269 g/mol. The van der Waals surface area contributed by atoms with Crippen LogP contribution >= 0.6 is 0 Å². The van der Waals surface area contributed by atoms with Crippen LogP contribution in [0.15, 0.2) is 47.7 Å². The summed E-state index contributed by atoms with van der Waals surface area (Å²) >= 11 is 0. The lowest BCUT2D eigenvalue weighted by atomic mass is 10.2. The van der Waals surface area contributed by atoms with Gasteiger partial charge in [-0.1, -0.05) is 12.1 Å². The molecule has 1 aromatic carbocycles. The van der Waals surface area contributed by atoms with Gasteiger partial charge in [0.2, 0.25) is 0 Å². The second kappa shape index (κ2) is 5.36. The van der Waals surface area contributed by atoms with E-state index in [4.69, 9.17) is 5.73 Å². The number of nitrogens with zero attached hydrogens (tertiary/aromatic N) is 4. The molecule has 0 radical (unpaired) electrons. The van der Waals surface area contributed by atoms with Crippen LogP contribution in [-0.4, -0.2) is 33.7 Å². The first kappa shape index (κ1) is 12.7. The number of benzene rings is 1. The lowest BCUT2D eigenvalue weighted by molar-refractivity contribution is 0.487. The van der Waals surface area contributed by atoms with Crippen LogP contribution < -0.4 is 5.73 Å². The van der Waals surface area contributed by atoms with E-state index in [1.54, 1.807) is 6.20 Å². The molecule has 0 atom stereocenters. The van der Waals surface area contributed by atoms with Gasteiger partial charge in [-0.05, 0) is 36.6 Å². The number of guanidine groups is 1. The molecule has 20 heavy (non-hydrogen) atoms. The Bertz CT molecular complexity index is 581. The topological polar surface area (TPSA) is 59.4 Å². The van der Waals surface area contributed by atoms with Crippen molar-refractivity contribution < 1.29 is 0 Å². The van der Waals surface area contributed by atoms with Gasteiger partial charge in [0.05, 0.1) is 12.2 Å². The summed E-state index contributed by atoms with van der Waals surface area (Å²) in [4.78, 5) is 6.51. The maximum Gasteiger partial charge on any atom is 0.191 e. The maximum absolute atomic E-state index is 5.97. The second-order valence-corrected chi connectivity index (χ2v) is 5.13. The molecule has 2 aromatic rings. The van der Waals surface area contributed by atoms with Gasteiger partial charge in [-0.15, -0.1) is 0 Å². The van der Waals surface area contributed by atoms with Gasteiger partial charge in [0, 0.05) is 25.5 Å². The largest absolute Gasteiger partial charge is 0.370 e. The van der Waals surface area contributed by atoms with Crippen LogP contribution in [0.2, 0.25) is 0 Å². The molecule has 1 heterocycles. The standard InChI is InChI=1S/C15H19N5/c1-19(13-7-8-13)15(16)17-11-12-3-5-14(6-4-12)20-10-2-9-18-20/h2-6,9-10,13H,7-8,11H2,1H3,(H2,16,17). The molecular formula is C15H19N5. The van der Waals surface area contributed by atoms with Gasteiger partial charge in [0.1, 0.15) is 0 Å². The first-order chi connectivity index (χ1) is 9.74. The molecule has 104 valence electrons. The summed E-state index contributed by atoms with van der Waals surface area (Å²) in [7, 11) is 2.01. The molecule has 0 bridgehead atoms. The number of aromatic nitrogens is 2. The number of hydrogen-bond donors (Lipinski definition) is 1.